The lowest BCUT2D eigenvalue weighted by molar-refractivity contribution is 0.174. The van der Waals surface area contributed by atoms with Crippen LogP contribution in [0.15, 0.2) is 42.5 Å². The van der Waals surface area contributed by atoms with E-state index in [4.69, 9.17) is 20.9 Å². The molecule has 0 atom stereocenters. The minimum Gasteiger partial charge on any atom is -0.454 e. The minimum absolute atomic E-state index is 0.101. The van der Waals surface area contributed by atoms with E-state index >= 15 is 0 Å². The van der Waals surface area contributed by atoms with Crippen molar-refractivity contribution in [3.05, 3.63) is 48.3 Å². The van der Waals surface area contributed by atoms with Gasteiger partial charge in [-0.25, -0.2) is 4.98 Å². The second kappa shape index (κ2) is 5.60. The van der Waals surface area contributed by atoms with Crippen molar-refractivity contribution in [2.75, 3.05) is 18.3 Å². The van der Waals surface area contributed by atoms with Crippen LogP contribution in [0.4, 0.5) is 11.8 Å². The average molecular weight is 360 g/mol. The van der Waals surface area contributed by atoms with Gasteiger partial charge in [-0.3, -0.25) is 4.57 Å². The molecule has 0 radical (unpaired) electrons. The average Bonchev–Trinajstić information content (AvgIpc) is 3.23. The SMILES string of the molecule is Cc1nc2ccccc2n1-c1nc(N)nc(N)c1-c1ccc2c(c1)OCO2. The Hall–Kier alpha value is -3.81. The van der Waals surface area contributed by atoms with Crippen LogP contribution >= 0.6 is 0 Å². The summed E-state index contributed by atoms with van der Waals surface area (Å²) in [4.78, 5) is 13.3. The predicted molar refractivity (Wildman–Crippen MR) is 102 cm³/mol. The largest absolute Gasteiger partial charge is 0.454 e. The molecule has 2 aromatic heterocycles. The van der Waals surface area contributed by atoms with Crippen LogP contribution in [0.5, 0.6) is 11.5 Å². The van der Waals surface area contributed by atoms with E-state index in [1.165, 1.54) is 0 Å². The molecule has 1 aliphatic heterocycles. The quantitative estimate of drug-likeness (QED) is 0.565. The molecule has 2 aromatic carbocycles. The molecular formula is C19H16N6O2. The molecule has 4 aromatic rings. The third-order valence-corrected chi connectivity index (χ3v) is 4.54. The van der Waals surface area contributed by atoms with E-state index in [0.717, 1.165) is 22.4 Å². The zero-order valence-corrected chi connectivity index (χ0v) is 14.5. The van der Waals surface area contributed by atoms with Gasteiger partial charge in [-0.2, -0.15) is 9.97 Å². The van der Waals surface area contributed by atoms with Gasteiger partial charge < -0.3 is 20.9 Å². The molecule has 0 amide bonds. The Morgan fingerprint density at radius 3 is 2.67 bits per heavy atom. The van der Waals surface area contributed by atoms with Gasteiger partial charge in [0, 0.05) is 0 Å². The Balaban J connectivity index is 1.82. The van der Waals surface area contributed by atoms with Gasteiger partial charge in [0.15, 0.2) is 17.3 Å². The second-order valence-corrected chi connectivity index (χ2v) is 6.22. The highest BCUT2D eigenvalue weighted by atomic mass is 16.7. The molecule has 4 N–H and O–H groups in total. The van der Waals surface area contributed by atoms with Crippen LogP contribution in [0.25, 0.3) is 28.0 Å². The van der Waals surface area contributed by atoms with Crippen molar-refractivity contribution in [1.29, 1.82) is 0 Å². The first kappa shape index (κ1) is 15.4. The fourth-order valence-corrected chi connectivity index (χ4v) is 3.39. The third-order valence-electron chi connectivity index (χ3n) is 4.54. The van der Waals surface area contributed by atoms with Crippen LogP contribution in [0.2, 0.25) is 0 Å². The zero-order valence-electron chi connectivity index (χ0n) is 14.5. The summed E-state index contributed by atoms with van der Waals surface area (Å²) in [7, 11) is 0. The molecule has 0 unspecified atom stereocenters. The van der Waals surface area contributed by atoms with Crippen LogP contribution in [-0.4, -0.2) is 26.3 Å². The molecule has 0 aliphatic carbocycles. The number of ether oxygens (including phenoxy) is 2. The van der Waals surface area contributed by atoms with E-state index in [2.05, 4.69) is 15.0 Å². The highest BCUT2D eigenvalue weighted by Crippen LogP contribution is 2.39. The molecule has 27 heavy (non-hydrogen) atoms. The van der Waals surface area contributed by atoms with Crippen molar-refractivity contribution in [2.24, 2.45) is 0 Å². The standard InChI is InChI=1S/C19H16N6O2/c1-10-22-12-4-2-3-5-13(12)25(10)18-16(17(20)23-19(21)24-18)11-6-7-14-15(8-11)27-9-26-14/h2-8H,9H2,1H3,(H4,20,21,23,24). The van der Waals surface area contributed by atoms with Crippen molar-refractivity contribution in [2.45, 2.75) is 6.92 Å². The summed E-state index contributed by atoms with van der Waals surface area (Å²) in [6.07, 6.45) is 0. The Morgan fingerprint density at radius 2 is 1.78 bits per heavy atom. The highest BCUT2D eigenvalue weighted by molar-refractivity contribution is 5.86. The molecule has 8 heteroatoms. The maximum absolute atomic E-state index is 6.26. The Kier molecular flexibility index (Phi) is 3.20. The number of nitrogen functional groups attached to an aromatic ring is 2. The van der Waals surface area contributed by atoms with Crippen LogP contribution in [0, 0.1) is 6.92 Å². The number of nitrogens with zero attached hydrogens (tertiary/aromatic N) is 4. The van der Waals surface area contributed by atoms with E-state index in [0.29, 0.717) is 22.9 Å². The molecule has 0 fully saturated rings. The van der Waals surface area contributed by atoms with Crippen LogP contribution in [0.3, 0.4) is 0 Å². The summed E-state index contributed by atoms with van der Waals surface area (Å²) in [5, 5.41) is 0. The van der Waals surface area contributed by atoms with Gasteiger partial charge in [0.05, 0.1) is 16.6 Å². The number of benzene rings is 2. The normalized spacial score (nSPS) is 12.6. The molecule has 0 saturated carbocycles. The number of fused-ring (bicyclic) bond motifs is 2. The number of nitrogens with two attached hydrogens (primary N) is 2. The van der Waals surface area contributed by atoms with E-state index in [9.17, 15) is 0 Å². The number of para-hydroxylation sites is 2. The molecule has 1 aliphatic rings. The first-order valence-electron chi connectivity index (χ1n) is 8.39. The van der Waals surface area contributed by atoms with Crippen molar-refractivity contribution >= 4 is 22.8 Å². The molecule has 5 rings (SSSR count). The predicted octanol–water partition coefficient (Wildman–Crippen LogP) is 2.68. The fourth-order valence-electron chi connectivity index (χ4n) is 3.39. The van der Waals surface area contributed by atoms with Gasteiger partial charge in [0.25, 0.3) is 0 Å². The molecule has 134 valence electrons. The van der Waals surface area contributed by atoms with Crippen molar-refractivity contribution in [1.82, 2.24) is 19.5 Å². The number of anilines is 2. The lowest BCUT2D eigenvalue weighted by Crippen LogP contribution is -2.10. The topological polar surface area (TPSA) is 114 Å². The van der Waals surface area contributed by atoms with Gasteiger partial charge in [-0.05, 0) is 36.8 Å². The number of hydrogen-bond acceptors (Lipinski definition) is 7. The summed E-state index contributed by atoms with van der Waals surface area (Å²) in [6, 6.07) is 13.4. The number of aryl methyl sites for hydroxylation is 1. The monoisotopic (exact) mass is 360 g/mol. The van der Waals surface area contributed by atoms with E-state index in [1.54, 1.807) is 0 Å². The first-order valence-corrected chi connectivity index (χ1v) is 8.39. The summed E-state index contributed by atoms with van der Waals surface area (Å²) in [5.41, 5.74) is 15.4. The second-order valence-electron chi connectivity index (χ2n) is 6.22. The summed E-state index contributed by atoms with van der Waals surface area (Å²) in [5.74, 6) is 3.08. The number of hydrogen-bond donors (Lipinski definition) is 2. The summed E-state index contributed by atoms with van der Waals surface area (Å²) >= 11 is 0. The molecule has 0 spiro atoms. The summed E-state index contributed by atoms with van der Waals surface area (Å²) < 4.78 is 12.8. The molecule has 8 nitrogen and oxygen atoms in total. The number of aromatic nitrogens is 4. The molecule has 0 bridgehead atoms. The number of rotatable bonds is 2. The lowest BCUT2D eigenvalue weighted by Gasteiger charge is -2.15. The third kappa shape index (κ3) is 2.34. The van der Waals surface area contributed by atoms with Gasteiger partial charge >= 0.3 is 0 Å². The van der Waals surface area contributed by atoms with Gasteiger partial charge in [-0.15, -0.1) is 0 Å². The van der Waals surface area contributed by atoms with E-state index in [1.807, 2.05) is 54.0 Å². The minimum atomic E-state index is 0.101. The Labute approximate surface area is 154 Å². The molecule has 3 heterocycles. The van der Waals surface area contributed by atoms with Crippen LogP contribution in [-0.2, 0) is 0 Å². The van der Waals surface area contributed by atoms with Crippen molar-refractivity contribution in [3.63, 3.8) is 0 Å². The molecule has 0 saturated heterocycles. The van der Waals surface area contributed by atoms with Crippen LogP contribution < -0.4 is 20.9 Å². The van der Waals surface area contributed by atoms with Gasteiger partial charge in [0.2, 0.25) is 12.7 Å². The van der Waals surface area contributed by atoms with Gasteiger partial charge in [0.1, 0.15) is 11.6 Å². The molecular weight excluding hydrogens is 344 g/mol. The van der Waals surface area contributed by atoms with Crippen molar-refractivity contribution < 1.29 is 9.47 Å². The maximum atomic E-state index is 6.26. The zero-order chi connectivity index (χ0) is 18.5. The van der Waals surface area contributed by atoms with E-state index in [-0.39, 0.29) is 18.6 Å². The fraction of sp³-hybridized carbons (Fsp3) is 0.105. The van der Waals surface area contributed by atoms with Gasteiger partial charge in [-0.1, -0.05) is 18.2 Å². The maximum Gasteiger partial charge on any atom is 0.231 e. The Bertz CT molecular complexity index is 1200. The smallest absolute Gasteiger partial charge is 0.231 e. The van der Waals surface area contributed by atoms with E-state index < -0.39 is 0 Å². The Morgan fingerprint density at radius 1 is 0.963 bits per heavy atom. The van der Waals surface area contributed by atoms with Crippen LogP contribution in [0.1, 0.15) is 5.82 Å². The highest BCUT2D eigenvalue weighted by Gasteiger charge is 2.22. The first-order chi connectivity index (χ1) is 13.1. The lowest BCUT2D eigenvalue weighted by atomic mass is 10.1. The number of imidazole rings is 1. The summed E-state index contributed by atoms with van der Waals surface area (Å²) in [6.45, 7) is 2.11. The van der Waals surface area contributed by atoms with Crippen molar-refractivity contribution in [3.8, 4) is 28.4 Å².